The lowest BCUT2D eigenvalue weighted by atomic mass is 9.90. The number of carbonyl (C=O) groups is 1. The summed E-state index contributed by atoms with van der Waals surface area (Å²) in [5.74, 6) is 1.87. The van der Waals surface area contributed by atoms with Gasteiger partial charge in [0.25, 0.3) is 5.89 Å². The van der Waals surface area contributed by atoms with Gasteiger partial charge in [-0.1, -0.05) is 5.16 Å². The maximum absolute atomic E-state index is 12.5. The van der Waals surface area contributed by atoms with Crippen LogP contribution < -0.4 is 10.6 Å². The lowest BCUT2D eigenvalue weighted by molar-refractivity contribution is 0.0285. The molecule has 2 aliphatic rings. The summed E-state index contributed by atoms with van der Waals surface area (Å²) in [6.07, 6.45) is 3.45. The molecule has 2 aromatic rings. The molecule has 9 heteroatoms. The zero-order valence-electron chi connectivity index (χ0n) is 14.0. The molecule has 132 valence electrons. The fourth-order valence-electron chi connectivity index (χ4n) is 2.97. The average molecular weight is 344 g/mol. The number of aryl methyl sites for hydroxylation is 1. The number of ether oxygens (including phenoxy) is 1. The van der Waals surface area contributed by atoms with E-state index in [4.69, 9.17) is 9.26 Å². The topological polar surface area (TPSA) is 115 Å². The van der Waals surface area contributed by atoms with Crippen LogP contribution in [-0.2, 0) is 10.3 Å². The van der Waals surface area contributed by atoms with Crippen molar-refractivity contribution in [1.82, 2.24) is 25.7 Å². The summed E-state index contributed by atoms with van der Waals surface area (Å²) in [6.45, 7) is 2.77. The Hall–Kier alpha value is -2.55. The summed E-state index contributed by atoms with van der Waals surface area (Å²) < 4.78 is 10.7. The second-order valence-corrected chi connectivity index (χ2v) is 6.54. The van der Waals surface area contributed by atoms with E-state index < -0.39 is 5.54 Å². The number of rotatable bonds is 4. The summed E-state index contributed by atoms with van der Waals surface area (Å²) in [6, 6.07) is 3.30. The van der Waals surface area contributed by atoms with Gasteiger partial charge in [0, 0.05) is 32.0 Å². The highest BCUT2D eigenvalue weighted by atomic mass is 16.5. The summed E-state index contributed by atoms with van der Waals surface area (Å²) >= 11 is 0. The molecule has 2 fully saturated rings. The fraction of sp³-hybridized carbons (Fsp3) is 0.562. The predicted molar refractivity (Wildman–Crippen MR) is 86.9 cm³/mol. The second-order valence-electron chi connectivity index (χ2n) is 6.54. The first-order chi connectivity index (χ1) is 12.1. The van der Waals surface area contributed by atoms with Gasteiger partial charge in [-0.2, -0.15) is 10.1 Å². The van der Waals surface area contributed by atoms with Crippen LogP contribution in [0.15, 0.2) is 16.7 Å². The van der Waals surface area contributed by atoms with E-state index in [-0.39, 0.29) is 6.03 Å². The van der Waals surface area contributed by atoms with Crippen molar-refractivity contribution in [3.8, 4) is 0 Å². The molecule has 0 unspecified atom stereocenters. The van der Waals surface area contributed by atoms with E-state index in [9.17, 15) is 4.79 Å². The highest BCUT2D eigenvalue weighted by Crippen LogP contribution is 2.38. The molecule has 0 bridgehead atoms. The van der Waals surface area contributed by atoms with Crippen LogP contribution in [0.5, 0.6) is 0 Å². The number of aromatic nitrogens is 4. The molecule has 0 spiro atoms. The Balaban J connectivity index is 1.46. The quantitative estimate of drug-likeness (QED) is 0.870. The molecule has 2 N–H and O–H groups in total. The Morgan fingerprint density at radius 2 is 2.04 bits per heavy atom. The number of amides is 2. The minimum Gasteiger partial charge on any atom is -0.381 e. The van der Waals surface area contributed by atoms with E-state index in [2.05, 4.69) is 31.0 Å². The van der Waals surface area contributed by atoms with E-state index in [0.717, 1.165) is 18.5 Å². The summed E-state index contributed by atoms with van der Waals surface area (Å²) in [4.78, 5) is 16.8. The van der Waals surface area contributed by atoms with Gasteiger partial charge in [-0.15, -0.1) is 5.10 Å². The molecule has 1 aliphatic carbocycles. The molecule has 0 aromatic carbocycles. The van der Waals surface area contributed by atoms with Crippen LogP contribution in [-0.4, -0.2) is 39.6 Å². The molecule has 0 radical (unpaired) electrons. The van der Waals surface area contributed by atoms with Crippen LogP contribution >= 0.6 is 0 Å². The zero-order valence-corrected chi connectivity index (χ0v) is 14.0. The predicted octanol–water partition coefficient (Wildman–Crippen LogP) is 1.87. The Bertz CT molecular complexity index is 749. The number of anilines is 1. The Kier molecular flexibility index (Phi) is 4.08. The third-order valence-corrected chi connectivity index (χ3v) is 4.56. The van der Waals surface area contributed by atoms with Crippen molar-refractivity contribution in [2.75, 3.05) is 18.5 Å². The molecule has 1 saturated carbocycles. The molecule has 25 heavy (non-hydrogen) atoms. The summed E-state index contributed by atoms with van der Waals surface area (Å²) in [5, 5.41) is 17.8. The maximum atomic E-state index is 12.5. The number of hydrogen-bond acceptors (Lipinski definition) is 7. The third-order valence-electron chi connectivity index (χ3n) is 4.56. The minimum atomic E-state index is -0.731. The highest BCUT2D eigenvalue weighted by Gasteiger charge is 2.41. The van der Waals surface area contributed by atoms with Crippen molar-refractivity contribution in [3.05, 3.63) is 29.5 Å². The van der Waals surface area contributed by atoms with E-state index >= 15 is 0 Å². The first kappa shape index (κ1) is 15.9. The number of carbonyl (C=O) groups excluding carboxylic acids is 1. The van der Waals surface area contributed by atoms with Crippen molar-refractivity contribution < 1.29 is 14.1 Å². The first-order valence-corrected chi connectivity index (χ1v) is 8.46. The standard InChI is InChI=1S/C16H20N6O3/c1-10-17-14(25-22-10)16(6-8-24-9-7-16)19-15(23)18-13-5-4-12(20-21-13)11-2-3-11/h4-5,11H,2-3,6-9H2,1H3,(H2,18,19,21,23). The Morgan fingerprint density at radius 1 is 1.24 bits per heavy atom. The minimum absolute atomic E-state index is 0.383. The highest BCUT2D eigenvalue weighted by molar-refractivity contribution is 5.88. The molecular weight excluding hydrogens is 324 g/mol. The van der Waals surface area contributed by atoms with Gasteiger partial charge in [-0.3, -0.25) is 5.32 Å². The van der Waals surface area contributed by atoms with Crippen molar-refractivity contribution in [2.24, 2.45) is 0 Å². The molecule has 4 rings (SSSR count). The van der Waals surface area contributed by atoms with Gasteiger partial charge >= 0.3 is 6.03 Å². The van der Waals surface area contributed by atoms with Gasteiger partial charge in [0.05, 0.1) is 5.69 Å². The van der Waals surface area contributed by atoms with E-state index in [1.165, 1.54) is 0 Å². The third kappa shape index (κ3) is 3.46. The SMILES string of the molecule is Cc1noc(C2(NC(=O)Nc3ccc(C4CC4)nn3)CCOCC2)n1. The molecule has 0 atom stereocenters. The molecule has 1 aliphatic heterocycles. The van der Waals surface area contributed by atoms with Gasteiger partial charge in [-0.25, -0.2) is 4.79 Å². The molecular formula is C16H20N6O3. The normalized spacial score (nSPS) is 19.4. The van der Waals surface area contributed by atoms with Crippen LogP contribution in [0.1, 0.15) is 49.0 Å². The van der Waals surface area contributed by atoms with Crippen LogP contribution in [0.2, 0.25) is 0 Å². The van der Waals surface area contributed by atoms with Crippen LogP contribution in [0.4, 0.5) is 10.6 Å². The largest absolute Gasteiger partial charge is 0.381 e. The monoisotopic (exact) mass is 344 g/mol. The smallest absolute Gasteiger partial charge is 0.321 e. The summed E-state index contributed by atoms with van der Waals surface area (Å²) in [7, 11) is 0. The maximum Gasteiger partial charge on any atom is 0.321 e. The lowest BCUT2D eigenvalue weighted by Crippen LogP contribution is -2.51. The molecule has 9 nitrogen and oxygen atoms in total. The van der Waals surface area contributed by atoms with Crippen LogP contribution in [0.25, 0.3) is 0 Å². The first-order valence-electron chi connectivity index (χ1n) is 8.46. The van der Waals surface area contributed by atoms with Gasteiger partial charge in [0.2, 0.25) is 0 Å². The van der Waals surface area contributed by atoms with Gasteiger partial charge in [-0.05, 0) is 31.9 Å². The van der Waals surface area contributed by atoms with E-state index in [1.807, 2.05) is 6.07 Å². The van der Waals surface area contributed by atoms with Crippen molar-refractivity contribution in [2.45, 2.75) is 44.1 Å². The van der Waals surface area contributed by atoms with Gasteiger partial charge in [0.1, 0.15) is 5.54 Å². The zero-order chi connectivity index (χ0) is 17.3. The van der Waals surface area contributed by atoms with Crippen molar-refractivity contribution in [3.63, 3.8) is 0 Å². The van der Waals surface area contributed by atoms with Crippen LogP contribution in [0.3, 0.4) is 0 Å². The van der Waals surface area contributed by atoms with Gasteiger partial charge < -0.3 is 14.6 Å². The van der Waals surface area contributed by atoms with Crippen molar-refractivity contribution in [1.29, 1.82) is 0 Å². The lowest BCUT2D eigenvalue weighted by Gasteiger charge is -2.34. The number of nitrogens with zero attached hydrogens (tertiary/aromatic N) is 4. The Morgan fingerprint density at radius 3 is 2.64 bits per heavy atom. The van der Waals surface area contributed by atoms with Crippen molar-refractivity contribution >= 4 is 11.8 Å². The molecule has 2 aromatic heterocycles. The molecule has 2 amide bonds. The van der Waals surface area contributed by atoms with E-state index in [0.29, 0.717) is 49.5 Å². The van der Waals surface area contributed by atoms with Gasteiger partial charge in [0.15, 0.2) is 11.6 Å². The molecule has 3 heterocycles. The number of hydrogen-bond donors (Lipinski definition) is 2. The Labute approximate surface area is 144 Å². The molecule has 1 saturated heterocycles. The fourth-order valence-corrected chi connectivity index (χ4v) is 2.97. The summed E-state index contributed by atoms with van der Waals surface area (Å²) in [5.41, 5.74) is 0.249. The number of nitrogens with one attached hydrogen (secondary N) is 2. The average Bonchev–Trinajstić information content (AvgIpc) is 3.37. The second kappa shape index (κ2) is 6.40. The van der Waals surface area contributed by atoms with Crippen LogP contribution in [0, 0.1) is 6.92 Å². The van der Waals surface area contributed by atoms with E-state index in [1.54, 1.807) is 13.0 Å². The number of urea groups is 1.